The van der Waals surface area contributed by atoms with E-state index < -0.39 is 0 Å². The molecule has 0 saturated heterocycles. The Balaban J connectivity index is 2.65. The first-order valence-corrected chi connectivity index (χ1v) is 7.68. The molecule has 0 radical (unpaired) electrons. The van der Waals surface area contributed by atoms with Crippen molar-refractivity contribution in [2.75, 3.05) is 20.3 Å². The number of hydrogen-bond donors (Lipinski definition) is 1. The summed E-state index contributed by atoms with van der Waals surface area (Å²) < 4.78 is 11.4. The molecule has 20 heavy (non-hydrogen) atoms. The molecule has 1 aromatic carbocycles. The molecule has 0 amide bonds. The van der Waals surface area contributed by atoms with Crippen LogP contribution in [-0.2, 0) is 6.54 Å². The van der Waals surface area contributed by atoms with E-state index in [9.17, 15) is 0 Å². The van der Waals surface area contributed by atoms with E-state index >= 15 is 0 Å². The average molecular weight is 279 g/mol. The van der Waals surface area contributed by atoms with E-state index in [0.29, 0.717) is 5.92 Å². The van der Waals surface area contributed by atoms with Crippen molar-refractivity contribution in [3.63, 3.8) is 0 Å². The second-order valence-corrected chi connectivity index (χ2v) is 5.51. The summed E-state index contributed by atoms with van der Waals surface area (Å²) in [5, 5.41) is 3.46. The van der Waals surface area contributed by atoms with E-state index in [1.54, 1.807) is 7.11 Å². The summed E-state index contributed by atoms with van der Waals surface area (Å²) in [5.74, 6) is 2.36. The van der Waals surface area contributed by atoms with Gasteiger partial charge in [-0.15, -0.1) is 0 Å². The highest BCUT2D eigenvalue weighted by Crippen LogP contribution is 2.31. The standard InChI is InChI=1S/C17H29NO2/c1-5-6-11-18-13-15-8-7-9-16(19-4)17(15)20-12-10-14(2)3/h7-9,14,18H,5-6,10-13H2,1-4H3. The molecule has 114 valence electrons. The van der Waals surface area contributed by atoms with Crippen LogP contribution in [0.25, 0.3) is 0 Å². The van der Waals surface area contributed by atoms with Crippen LogP contribution in [0.3, 0.4) is 0 Å². The van der Waals surface area contributed by atoms with E-state index in [0.717, 1.165) is 37.6 Å². The average Bonchev–Trinajstić information content (AvgIpc) is 2.44. The molecule has 0 heterocycles. The van der Waals surface area contributed by atoms with Crippen LogP contribution in [0.15, 0.2) is 18.2 Å². The molecule has 1 N–H and O–H groups in total. The SMILES string of the molecule is CCCCNCc1cccc(OC)c1OCCC(C)C. The fourth-order valence-corrected chi connectivity index (χ4v) is 1.95. The van der Waals surface area contributed by atoms with Crippen molar-refractivity contribution in [3.8, 4) is 11.5 Å². The Kier molecular flexibility index (Phi) is 8.12. The van der Waals surface area contributed by atoms with Gasteiger partial charge in [-0.05, 0) is 31.4 Å². The Morgan fingerprint density at radius 3 is 2.70 bits per heavy atom. The zero-order valence-electron chi connectivity index (χ0n) is 13.4. The van der Waals surface area contributed by atoms with Crippen LogP contribution < -0.4 is 14.8 Å². The van der Waals surface area contributed by atoms with Crippen molar-refractivity contribution < 1.29 is 9.47 Å². The Morgan fingerprint density at radius 1 is 1.25 bits per heavy atom. The summed E-state index contributed by atoms with van der Waals surface area (Å²) in [6.07, 6.45) is 3.47. The smallest absolute Gasteiger partial charge is 0.165 e. The zero-order chi connectivity index (χ0) is 14.8. The van der Waals surface area contributed by atoms with Gasteiger partial charge in [-0.25, -0.2) is 0 Å². The van der Waals surface area contributed by atoms with Gasteiger partial charge in [-0.1, -0.05) is 39.3 Å². The molecule has 0 aliphatic rings. The highest BCUT2D eigenvalue weighted by atomic mass is 16.5. The van der Waals surface area contributed by atoms with Crippen LogP contribution in [0.2, 0.25) is 0 Å². The Bertz CT molecular complexity index is 377. The van der Waals surface area contributed by atoms with Gasteiger partial charge in [-0.2, -0.15) is 0 Å². The van der Waals surface area contributed by atoms with Crippen molar-refractivity contribution in [1.29, 1.82) is 0 Å². The second-order valence-electron chi connectivity index (χ2n) is 5.51. The molecule has 0 aliphatic heterocycles. The van der Waals surface area contributed by atoms with Gasteiger partial charge in [0.25, 0.3) is 0 Å². The molecule has 1 rings (SSSR count). The predicted molar refractivity (Wildman–Crippen MR) is 84.6 cm³/mol. The van der Waals surface area contributed by atoms with Gasteiger partial charge in [0.05, 0.1) is 13.7 Å². The number of hydrogen-bond acceptors (Lipinski definition) is 3. The Hall–Kier alpha value is -1.22. The van der Waals surface area contributed by atoms with Crippen molar-refractivity contribution in [3.05, 3.63) is 23.8 Å². The number of rotatable bonds is 10. The zero-order valence-corrected chi connectivity index (χ0v) is 13.4. The number of methoxy groups -OCH3 is 1. The third-order valence-corrected chi connectivity index (χ3v) is 3.24. The molecule has 0 spiro atoms. The highest BCUT2D eigenvalue weighted by Gasteiger charge is 2.10. The molecule has 0 fully saturated rings. The summed E-state index contributed by atoms with van der Waals surface area (Å²) in [6.45, 7) is 9.22. The van der Waals surface area contributed by atoms with Crippen LogP contribution in [0, 0.1) is 5.92 Å². The largest absolute Gasteiger partial charge is 0.493 e. The molecule has 3 nitrogen and oxygen atoms in total. The summed E-state index contributed by atoms with van der Waals surface area (Å²) in [7, 11) is 1.69. The van der Waals surface area contributed by atoms with Crippen LogP contribution in [-0.4, -0.2) is 20.3 Å². The molecular weight excluding hydrogens is 250 g/mol. The van der Waals surface area contributed by atoms with Gasteiger partial charge in [0.2, 0.25) is 0 Å². The number of unbranched alkanes of at least 4 members (excludes halogenated alkanes) is 1. The summed E-state index contributed by atoms with van der Waals surface area (Å²) >= 11 is 0. The number of ether oxygens (including phenoxy) is 2. The molecule has 0 unspecified atom stereocenters. The number of benzene rings is 1. The van der Waals surface area contributed by atoms with Crippen LogP contribution >= 0.6 is 0 Å². The fraction of sp³-hybridized carbons (Fsp3) is 0.647. The van der Waals surface area contributed by atoms with Gasteiger partial charge in [0.15, 0.2) is 11.5 Å². The van der Waals surface area contributed by atoms with Gasteiger partial charge < -0.3 is 14.8 Å². The summed E-state index contributed by atoms with van der Waals surface area (Å²) in [5.41, 5.74) is 1.17. The number of nitrogens with one attached hydrogen (secondary N) is 1. The molecule has 0 saturated carbocycles. The predicted octanol–water partition coefficient (Wildman–Crippen LogP) is 4.01. The molecule has 0 aromatic heterocycles. The summed E-state index contributed by atoms with van der Waals surface area (Å²) in [6, 6.07) is 6.08. The topological polar surface area (TPSA) is 30.5 Å². The molecule has 0 bridgehead atoms. The lowest BCUT2D eigenvalue weighted by Crippen LogP contribution is -2.16. The first-order chi connectivity index (χ1) is 9.69. The van der Waals surface area contributed by atoms with Gasteiger partial charge in [0, 0.05) is 12.1 Å². The number of para-hydroxylation sites is 1. The van der Waals surface area contributed by atoms with Crippen LogP contribution in [0.4, 0.5) is 0 Å². The Labute approximate surface area is 123 Å². The first-order valence-electron chi connectivity index (χ1n) is 7.68. The van der Waals surface area contributed by atoms with Gasteiger partial charge >= 0.3 is 0 Å². The van der Waals surface area contributed by atoms with E-state index in [1.807, 2.05) is 12.1 Å². The molecule has 3 heteroatoms. The third-order valence-electron chi connectivity index (χ3n) is 3.24. The van der Waals surface area contributed by atoms with Crippen molar-refractivity contribution in [2.45, 2.75) is 46.6 Å². The second kappa shape index (κ2) is 9.65. The third kappa shape index (κ3) is 5.83. The molecule has 1 aromatic rings. The quantitative estimate of drug-likeness (QED) is 0.656. The minimum Gasteiger partial charge on any atom is -0.493 e. The van der Waals surface area contributed by atoms with E-state index in [1.165, 1.54) is 18.4 Å². The van der Waals surface area contributed by atoms with Gasteiger partial charge in [0.1, 0.15) is 0 Å². The minimum absolute atomic E-state index is 0.649. The van der Waals surface area contributed by atoms with Crippen LogP contribution in [0.5, 0.6) is 11.5 Å². The Morgan fingerprint density at radius 2 is 2.05 bits per heavy atom. The molecule has 0 aliphatic carbocycles. The molecular formula is C17H29NO2. The summed E-state index contributed by atoms with van der Waals surface area (Å²) in [4.78, 5) is 0. The van der Waals surface area contributed by atoms with Gasteiger partial charge in [-0.3, -0.25) is 0 Å². The lowest BCUT2D eigenvalue weighted by molar-refractivity contribution is 0.269. The lowest BCUT2D eigenvalue weighted by Gasteiger charge is -2.16. The van der Waals surface area contributed by atoms with E-state index in [-0.39, 0.29) is 0 Å². The maximum absolute atomic E-state index is 5.96. The maximum Gasteiger partial charge on any atom is 0.165 e. The monoisotopic (exact) mass is 279 g/mol. The highest BCUT2D eigenvalue weighted by molar-refractivity contribution is 5.46. The molecule has 0 atom stereocenters. The minimum atomic E-state index is 0.649. The normalized spacial score (nSPS) is 10.8. The van der Waals surface area contributed by atoms with Crippen LogP contribution in [0.1, 0.15) is 45.6 Å². The fourth-order valence-electron chi connectivity index (χ4n) is 1.95. The first kappa shape index (κ1) is 16.8. The lowest BCUT2D eigenvalue weighted by atomic mass is 10.1. The van der Waals surface area contributed by atoms with Crippen molar-refractivity contribution >= 4 is 0 Å². The van der Waals surface area contributed by atoms with E-state index in [2.05, 4.69) is 32.2 Å². The van der Waals surface area contributed by atoms with Crippen molar-refractivity contribution in [2.24, 2.45) is 5.92 Å². The van der Waals surface area contributed by atoms with E-state index in [4.69, 9.17) is 9.47 Å². The van der Waals surface area contributed by atoms with Crippen molar-refractivity contribution in [1.82, 2.24) is 5.32 Å². The maximum atomic E-state index is 5.96.